The van der Waals surface area contributed by atoms with Crippen molar-refractivity contribution in [2.45, 2.75) is 0 Å². The molecule has 0 saturated carbocycles. The van der Waals surface area contributed by atoms with Gasteiger partial charge in [-0.25, -0.2) is 9.97 Å². The molecule has 4 aromatic rings. The molecular weight excluding hydrogens is 350 g/mol. The number of nitrogens with zero attached hydrogens (tertiary/aromatic N) is 3. The maximum Gasteiger partial charge on any atom is 0.224 e. The van der Waals surface area contributed by atoms with Crippen molar-refractivity contribution in [2.24, 2.45) is 0 Å². The minimum Gasteiger partial charge on any atom is -0.464 e. The summed E-state index contributed by atoms with van der Waals surface area (Å²) in [6, 6.07) is 17.7. The van der Waals surface area contributed by atoms with E-state index in [0.29, 0.717) is 11.6 Å². The van der Waals surface area contributed by atoms with Crippen molar-refractivity contribution in [1.82, 2.24) is 9.97 Å². The number of hydrogen-bond donors (Lipinski definition) is 2. The second-order valence-corrected chi connectivity index (χ2v) is 6.65. The van der Waals surface area contributed by atoms with E-state index < -0.39 is 0 Å². The van der Waals surface area contributed by atoms with Crippen molar-refractivity contribution in [3.05, 3.63) is 73.3 Å². The molecular formula is C22H21N5O. The fourth-order valence-corrected chi connectivity index (χ4v) is 2.91. The molecule has 0 atom stereocenters. The molecule has 0 amide bonds. The quantitative estimate of drug-likeness (QED) is 0.491. The number of furan rings is 1. The van der Waals surface area contributed by atoms with E-state index in [4.69, 9.17) is 10.2 Å². The Morgan fingerprint density at radius 2 is 1.71 bits per heavy atom. The highest BCUT2D eigenvalue weighted by atomic mass is 16.3. The van der Waals surface area contributed by atoms with Gasteiger partial charge in [0.25, 0.3) is 0 Å². The van der Waals surface area contributed by atoms with Crippen LogP contribution in [0.1, 0.15) is 0 Å². The van der Waals surface area contributed by atoms with Crippen LogP contribution in [0.3, 0.4) is 0 Å². The Bertz CT molecular complexity index is 1070. The first-order chi connectivity index (χ1) is 13.6. The van der Waals surface area contributed by atoms with Crippen LogP contribution in [0, 0.1) is 0 Å². The summed E-state index contributed by atoms with van der Waals surface area (Å²) in [5, 5.41) is 3.38. The van der Waals surface area contributed by atoms with Gasteiger partial charge in [-0.1, -0.05) is 12.1 Å². The molecule has 0 saturated heterocycles. The molecule has 2 aromatic heterocycles. The highest BCUT2D eigenvalue weighted by molar-refractivity contribution is 5.79. The van der Waals surface area contributed by atoms with Gasteiger partial charge in [-0.15, -0.1) is 0 Å². The average Bonchev–Trinajstić information content (AvgIpc) is 3.25. The van der Waals surface area contributed by atoms with E-state index in [9.17, 15) is 0 Å². The van der Waals surface area contributed by atoms with Crippen LogP contribution < -0.4 is 16.0 Å². The summed E-state index contributed by atoms with van der Waals surface area (Å²) in [4.78, 5) is 10.6. The molecule has 3 N–H and O–H groups in total. The number of hydrogen-bond acceptors (Lipinski definition) is 6. The van der Waals surface area contributed by atoms with E-state index in [0.717, 1.165) is 33.8 Å². The van der Waals surface area contributed by atoms with Gasteiger partial charge in [0, 0.05) is 43.3 Å². The van der Waals surface area contributed by atoms with E-state index in [1.807, 2.05) is 86.0 Å². The molecule has 4 rings (SSSR count). The molecule has 0 aliphatic heterocycles. The van der Waals surface area contributed by atoms with Gasteiger partial charge >= 0.3 is 0 Å². The lowest BCUT2D eigenvalue weighted by Gasteiger charge is -2.12. The standard InChI is InChI=1S/C22H21N5O/c1-27(2)22-24-13-17(14-25-22)15-5-3-6-18(11-15)26-20-9-8-16(12-19(20)23)21-7-4-10-28-21/h3-14,26H,23H2,1-2H3. The molecule has 2 heterocycles. The molecule has 0 radical (unpaired) electrons. The summed E-state index contributed by atoms with van der Waals surface area (Å²) in [5.74, 6) is 1.48. The fraction of sp³-hybridized carbons (Fsp3) is 0.0909. The summed E-state index contributed by atoms with van der Waals surface area (Å²) in [6.07, 6.45) is 5.31. The Hall–Kier alpha value is -3.80. The SMILES string of the molecule is CN(C)c1ncc(-c2cccc(Nc3ccc(-c4ccco4)cc3N)c2)cn1. The van der Waals surface area contributed by atoms with Crippen LogP contribution in [-0.2, 0) is 0 Å². The number of benzene rings is 2. The first-order valence-electron chi connectivity index (χ1n) is 8.90. The third-order valence-corrected chi connectivity index (χ3v) is 4.37. The zero-order valence-corrected chi connectivity index (χ0v) is 15.8. The minimum absolute atomic E-state index is 0.651. The molecule has 28 heavy (non-hydrogen) atoms. The number of aromatic nitrogens is 2. The second kappa shape index (κ2) is 7.44. The van der Waals surface area contributed by atoms with Gasteiger partial charge in [-0.3, -0.25) is 0 Å². The Labute approximate surface area is 163 Å². The zero-order valence-electron chi connectivity index (χ0n) is 15.8. The lowest BCUT2D eigenvalue weighted by Crippen LogP contribution is -2.12. The zero-order chi connectivity index (χ0) is 19.5. The molecule has 0 fully saturated rings. The predicted molar refractivity (Wildman–Crippen MR) is 114 cm³/mol. The van der Waals surface area contributed by atoms with Crippen molar-refractivity contribution in [1.29, 1.82) is 0 Å². The maximum atomic E-state index is 6.24. The lowest BCUT2D eigenvalue weighted by molar-refractivity contribution is 0.582. The third-order valence-electron chi connectivity index (χ3n) is 4.37. The Kier molecular flexibility index (Phi) is 4.68. The number of nitrogens with one attached hydrogen (secondary N) is 1. The van der Waals surface area contributed by atoms with Crippen molar-refractivity contribution in [3.8, 4) is 22.5 Å². The predicted octanol–water partition coefficient (Wildman–Crippen LogP) is 4.80. The normalized spacial score (nSPS) is 10.6. The van der Waals surface area contributed by atoms with Gasteiger partial charge in [0.05, 0.1) is 17.6 Å². The monoisotopic (exact) mass is 371 g/mol. The molecule has 0 aliphatic rings. The van der Waals surface area contributed by atoms with Crippen molar-refractivity contribution < 1.29 is 4.42 Å². The smallest absolute Gasteiger partial charge is 0.224 e. The van der Waals surface area contributed by atoms with E-state index in [1.54, 1.807) is 6.26 Å². The van der Waals surface area contributed by atoms with Gasteiger partial charge in [0.15, 0.2) is 0 Å². The number of anilines is 4. The fourth-order valence-electron chi connectivity index (χ4n) is 2.91. The van der Waals surface area contributed by atoms with Crippen LogP contribution >= 0.6 is 0 Å². The summed E-state index contributed by atoms with van der Waals surface area (Å²) in [7, 11) is 3.84. The topological polar surface area (TPSA) is 80.2 Å². The van der Waals surface area contributed by atoms with Crippen LogP contribution in [0.15, 0.2) is 77.7 Å². The van der Waals surface area contributed by atoms with Crippen LogP contribution in [0.5, 0.6) is 0 Å². The highest BCUT2D eigenvalue weighted by Gasteiger charge is 2.07. The molecule has 6 heteroatoms. The van der Waals surface area contributed by atoms with Crippen molar-refractivity contribution >= 4 is 23.0 Å². The Morgan fingerprint density at radius 3 is 2.39 bits per heavy atom. The number of nitrogen functional groups attached to an aromatic ring is 1. The van der Waals surface area contributed by atoms with Crippen molar-refractivity contribution in [3.63, 3.8) is 0 Å². The molecule has 0 spiro atoms. The van der Waals surface area contributed by atoms with Crippen LogP contribution in [0.2, 0.25) is 0 Å². The van der Waals surface area contributed by atoms with Crippen LogP contribution in [-0.4, -0.2) is 24.1 Å². The van der Waals surface area contributed by atoms with Gasteiger partial charge in [-0.05, 0) is 48.0 Å². The molecule has 2 aromatic carbocycles. The first kappa shape index (κ1) is 17.6. The lowest BCUT2D eigenvalue weighted by atomic mass is 10.1. The van der Waals surface area contributed by atoms with E-state index >= 15 is 0 Å². The minimum atomic E-state index is 0.651. The van der Waals surface area contributed by atoms with Gasteiger partial charge in [0.1, 0.15) is 5.76 Å². The maximum absolute atomic E-state index is 6.24. The summed E-state index contributed by atoms with van der Waals surface area (Å²) >= 11 is 0. The Morgan fingerprint density at radius 1 is 0.893 bits per heavy atom. The largest absolute Gasteiger partial charge is 0.464 e. The van der Waals surface area contributed by atoms with Gasteiger partial charge in [-0.2, -0.15) is 0 Å². The van der Waals surface area contributed by atoms with E-state index in [2.05, 4.69) is 15.3 Å². The molecule has 6 nitrogen and oxygen atoms in total. The molecule has 0 aliphatic carbocycles. The van der Waals surface area contributed by atoms with Crippen LogP contribution in [0.25, 0.3) is 22.5 Å². The summed E-state index contributed by atoms with van der Waals surface area (Å²) < 4.78 is 5.43. The van der Waals surface area contributed by atoms with E-state index in [-0.39, 0.29) is 0 Å². The molecule has 0 bridgehead atoms. The third kappa shape index (κ3) is 3.66. The Balaban J connectivity index is 1.57. The second-order valence-electron chi connectivity index (χ2n) is 6.65. The number of rotatable bonds is 5. The van der Waals surface area contributed by atoms with Crippen molar-refractivity contribution in [2.75, 3.05) is 30.0 Å². The molecule has 0 unspecified atom stereocenters. The van der Waals surface area contributed by atoms with E-state index in [1.165, 1.54) is 0 Å². The van der Waals surface area contributed by atoms with Gasteiger partial charge < -0.3 is 20.4 Å². The van der Waals surface area contributed by atoms with Gasteiger partial charge in [0.2, 0.25) is 5.95 Å². The molecule has 140 valence electrons. The summed E-state index contributed by atoms with van der Waals surface area (Å²) in [5.41, 5.74) is 11.6. The highest BCUT2D eigenvalue weighted by Crippen LogP contribution is 2.30. The number of nitrogens with two attached hydrogens (primary N) is 1. The average molecular weight is 371 g/mol. The summed E-state index contributed by atoms with van der Waals surface area (Å²) in [6.45, 7) is 0. The first-order valence-corrected chi connectivity index (χ1v) is 8.90. The van der Waals surface area contributed by atoms with Crippen LogP contribution in [0.4, 0.5) is 23.0 Å².